The molecule has 0 radical (unpaired) electrons. The minimum atomic E-state index is 0.624. The first-order valence-corrected chi connectivity index (χ1v) is 6.39. The minimum absolute atomic E-state index is 0.624. The quantitative estimate of drug-likeness (QED) is 0.569. The summed E-state index contributed by atoms with van der Waals surface area (Å²) < 4.78 is 0. The van der Waals surface area contributed by atoms with Gasteiger partial charge in [-0.3, -0.25) is 4.99 Å². The van der Waals surface area contributed by atoms with Crippen molar-refractivity contribution in [2.75, 3.05) is 7.05 Å². The molecule has 1 heterocycles. The number of aromatic nitrogens is 1. The van der Waals surface area contributed by atoms with Crippen molar-refractivity contribution in [3.63, 3.8) is 0 Å². The summed E-state index contributed by atoms with van der Waals surface area (Å²) in [6.07, 6.45) is 2.51. The standard InChI is InChI=1S/C14H18N4/c1-15-14(18-11-6-7-11)16-9-12-8-10-4-2-3-5-13(10)17-12/h2-5,8,11,17H,6-7,9H2,1H3,(H2,15,16,18). The lowest BCUT2D eigenvalue weighted by atomic mass is 10.2. The van der Waals surface area contributed by atoms with Gasteiger partial charge in [0.1, 0.15) is 0 Å². The first-order chi connectivity index (χ1) is 8.85. The topological polar surface area (TPSA) is 52.2 Å². The lowest BCUT2D eigenvalue weighted by Crippen LogP contribution is -2.38. The third kappa shape index (κ3) is 2.47. The molecule has 94 valence electrons. The van der Waals surface area contributed by atoms with E-state index in [4.69, 9.17) is 0 Å². The van der Waals surface area contributed by atoms with Crippen LogP contribution in [-0.4, -0.2) is 24.0 Å². The zero-order valence-electron chi connectivity index (χ0n) is 10.5. The Bertz CT molecular complexity index is 533. The number of aromatic amines is 1. The summed E-state index contributed by atoms with van der Waals surface area (Å²) in [6, 6.07) is 11.1. The largest absolute Gasteiger partial charge is 0.357 e. The average Bonchev–Trinajstić information content (AvgIpc) is 3.11. The van der Waals surface area contributed by atoms with Crippen LogP contribution in [0.25, 0.3) is 10.9 Å². The molecule has 1 aliphatic carbocycles. The van der Waals surface area contributed by atoms with Gasteiger partial charge in [0, 0.05) is 24.3 Å². The summed E-state index contributed by atoms with van der Waals surface area (Å²) in [5.41, 5.74) is 2.36. The Labute approximate surface area is 107 Å². The average molecular weight is 242 g/mol. The lowest BCUT2D eigenvalue weighted by Gasteiger charge is -2.09. The molecule has 0 bridgehead atoms. The zero-order valence-corrected chi connectivity index (χ0v) is 10.5. The Morgan fingerprint density at radius 2 is 2.22 bits per heavy atom. The summed E-state index contributed by atoms with van der Waals surface area (Å²) in [7, 11) is 1.81. The molecular formula is C14H18N4. The molecule has 1 aromatic heterocycles. The smallest absolute Gasteiger partial charge is 0.191 e. The molecule has 1 aliphatic rings. The van der Waals surface area contributed by atoms with Crippen LogP contribution in [0.4, 0.5) is 0 Å². The molecule has 18 heavy (non-hydrogen) atoms. The molecular weight excluding hydrogens is 224 g/mol. The van der Waals surface area contributed by atoms with Gasteiger partial charge in [-0.1, -0.05) is 18.2 Å². The fraction of sp³-hybridized carbons (Fsp3) is 0.357. The van der Waals surface area contributed by atoms with Crippen LogP contribution >= 0.6 is 0 Å². The fourth-order valence-electron chi connectivity index (χ4n) is 2.02. The first kappa shape index (κ1) is 11.1. The fourth-order valence-corrected chi connectivity index (χ4v) is 2.02. The highest BCUT2D eigenvalue weighted by atomic mass is 15.2. The van der Waals surface area contributed by atoms with Crippen molar-refractivity contribution in [2.45, 2.75) is 25.4 Å². The van der Waals surface area contributed by atoms with Gasteiger partial charge in [0.05, 0.1) is 6.54 Å². The maximum absolute atomic E-state index is 4.22. The van der Waals surface area contributed by atoms with E-state index in [0.29, 0.717) is 6.04 Å². The number of guanidine groups is 1. The Morgan fingerprint density at radius 1 is 1.39 bits per heavy atom. The molecule has 3 N–H and O–H groups in total. The number of nitrogens with one attached hydrogen (secondary N) is 3. The molecule has 2 aromatic rings. The number of benzene rings is 1. The number of H-pyrrole nitrogens is 1. The van der Waals surface area contributed by atoms with E-state index in [9.17, 15) is 0 Å². The highest BCUT2D eigenvalue weighted by Crippen LogP contribution is 2.18. The number of hydrogen-bond donors (Lipinski definition) is 3. The summed E-state index contributed by atoms with van der Waals surface area (Å²) >= 11 is 0. The number of aliphatic imine (C=N–C) groups is 1. The Kier molecular flexibility index (Phi) is 2.92. The highest BCUT2D eigenvalue weighted by molar-refractivity contribution is 5.82. The SMILES string of the molecule is CN=C(NCc1cc2ccccc2[nH]1)NC1CC1. The third-order valence-electron chi connectivity index (χ3n) is 3.17. The monoisotopic (exact) mass is 242 g/mol. The molecule has 0 amide bonds. The van der Waals surface area contributed by atoms with Gasteiger partial charge in [-0.2, -0.15) is 0 Å². The Balaban J connectivity index is 1.64. The molecule has 4 nitrogen and oxygen atoms in total. The van der Waals surface area contributed by atoms with Crippen LogP contribution in [0.3, 0.4) is 0 Å². The molecule has 0 spiro atoms. The van der Waals surface area contributed by atoms with Gasteiger partial charge in [0.15, 0.2) is 5.96 Å². The predicted molar refractivity (Wildman–Crippen MR) is 74.7 cm³/mol. The number of nitrogens with zero attached hydrogens (tertiary/aromatic N) is 1. The van der Waals surface area contributed by atoms with Crippen molar-refractivity contribution in [1.29, 1.82) is 0 Å². The summed E-state index contributed by atoms with van der Waals surface area (Å²) in [6.45, 7) is 0.765. The molecule has 3 rings (SSSR count). The van der Waals surface area contributed by atoms with Crippen molar-refractivity contribution >= 4 is 16.9 Å². The van der Waals surface area contributed by atoms with Crippen molar-refractivity contribution in [3.8, 4) is 0 Å². The highest BCUT2D eigenvalue weighted by Gasteiger charge is 2.21. The molecule has 1 fully saturated rings. The summed E-state index contributed by atoms with van der Waals surface area (Å²) in [4.78, 5) is 7.62. The van der Waals surface area contributed by atoms with Crippen molar-refractivity contribution < 1.29 is 0 Å². The zero-order chi connectivity index (χ0) is 12.4. The van der Waals surface area contributed by atoms with Crippen LogP contribution < -0.4 is 10.6 Å². The van der Waals surface area contributed by atoms with Crippen molar-refractivity contribution in [3.05, 3.63) is 36.0 Å². The van der Waals surface area contributed by atoms with Crippen LogP contribution in [0.1, 0.15) is 18.5 Å². The maximum Gasteiger partial charge on any atom is 0.191 e. The number of rotatable bonds is 3. The molecule has 0 atom stereocenters. The van der Waals surface area contributed by atoms with Crippen LogP contribution in [0.2, 0.25) is 0 Å². The van der Waals surface area contributed by atoms with E-state index in [2.05, 4.69) is 44.9 Å². The summed E-state index contributed by atoms with van der Waals surface area (Å²) in [5.74, 6) is 0.885. The number of hydrogen-bond acceptors (Lipinski definition) is 1. The van der Waals surface area contributed by atoms with Crippen molar-refractivity contribution in [1.82, 2.24) is 15.6 Å². The predicted octanol–water partition coefficient (Wildman–Crippen LogP) is 2.00. The number of para-hydroxylation sites is 1. The Hall–Kier alpha value is -1.97. The van der Waals surface area contributed by atoms with Gasteiger partial charge in [-0.25, -0.2) is 0 Å². The maximum atomic E-state index is 4.22. The van der Waals surface area contributed by atoms with E-state index in [1.165, 1.54) is 29.4 Å². The molecule has 4 heteroatoms. The summed E-state index contributed by atoms with van der Waals surface area (Å²) in [5, 5.41) is 7.94. The normalized spacial score (nSPS) is 15.9. The van der Waals surface area contributed by atoms with E-state index in [1.54, 1.807) is 0 Å². The van der Waals surface area contributed by atoms with Gasteiger partial charge < -0.3 is 15.6 Å². The van der Waals surface area contributed by atoms with E-state index in [-0.39, 0.29) is 0 Å². The second-order valence-electron chi connectivity index (χ2n) is 4.73. The molecule has 1 aromatic carbocycles. The van der Waals surface area contributed by atoms with E-state index in [0.717, 1.165) is 12.5 Å². The van der Waals surface area contributed by atoms with Crippen molar-refractivity contribution in [2.24, 2.45) is 4.99 Å². The number of fused-ring (bicyclic) bond motifs is 1. The second kappa shape index (κ2) is 4.72. The van der Waals surface area contributed by atoms with Gasteiger partial charge in [-0.05, 0) is 30.4 Å². The molecule has 1 saturated carbocycles. The molecule has 0 unspecified atom stereocenters. The van der Waals surface area contributed by atoms with Gasteiger partial charge in [0.25, 0.3) is 0 Å². The first-order valence-electron chi connectivity index (χ1n) is 6.39. The van der Waals surface area contributed by atoms with Crippen LogP contribution in [0, 0.1) is 0 Å². The van der Waals surface area contributed by atoms with Gasteiger partial charge in [0.2, 0.25) is 0 Å². The third-order valence-corrected chi connectivity index (χ3v) is 3.17. The van der Waals surface area contributed by atoms with E-state index >= 15 is 0 Å². The lowest BCUT2D eigenvalue weighted by molar-refractivity contribution is 0.796. The molecule has 0 saturated heterocycles. The molecule has 0 aliphatic heterocycles. The Morgan fingerprint density at radius 3 is 2.94 bits per heavy atom. The van der Waals surface area contributed by atoms with E-state index in [1.807, 2.05) is 13.1 Å². The van der Waals surface area contributed by atoms with Crippen LogP contribution in [0.15, 0.2) is 35.3 Å². The second-order valence-corrected chi connectivity index (χ2v) is 4.73. The van der Waals surface area contributed by atoms with E-state index < -0.39 is 0 Å². The van der Waals surface area contributed by atoms with Gasteiger partial charge >= 0.3 is 0 Å². The van der Waals surface area contributed by atoms with Crippen LogP contribution in [0.5, 0.6) is 0 Å². The van der Waals surface area contributed by atoms with Crippen LogP contribution in [-0.2, 0) is 6.54 Å². The van der Waals surface area contributed by atoms with Gasteiger partial charge in [-0.15, -0.1) is 0 Å². The minimum Gasteiger partial charge on any atom is -0.357 e.